The van der Waals surface area contributed by atoms with Crippen LogP contribution < -0.4 is 55.7 Å². The van der Waals surface area contributed by atoms with E-state index in [1.165, 1.54) is 92.3 Å². The number of halogens is 1. The first-order chi connectivity index (χ1) is 50.1. The second-order valence-electron chi connectivity index (χ2n) is 23.0. The third-order valence-electron chi connectivity index (χ3n) is 16.6. The Balaban J connectivity index is 0.000000105. The average molecular weight is 2150 g/mol. The van der Waals surface area contributed by atoms with Crippen LogP contribution in [-0.4, -0.2) is 171 Å². The fraction of sp³-hybridized carbons (Fsp3) is 0.0119. The second kappa shape index (κ2) is 33.2. The van der Waals surface area contributed by atoms with Crippen LogP contribution in [0.15, 0.2) is 305 Å². The van der Waals surface area contributed by atoms with Crippen LogP contribution in [0.25, 0.3) is 6.08 Å². The van der Waals surface area contributed by atoms with Gasteiger partial charge >= 0.3 is 615 Å². The number of ketones is 4. The summed E-state index contributed by atoms with van der Waals surface area (Å²) in [5.74, 6) is -0.409. The quantitative estimate of drug-likeness (QED) is 0.0450. The Morgan fingerprint density at radius 1 is 0.333 bits per heavy atom. The number of hydrogen-bond acceptors (Lipinski definition) is 9. The van der Waals surface area contributed by atoms with Crippen molar-refractivity contribution in [2.75, 3.05) is 20.0 Å². The molecular weight excluding hydrogens is 2100 g/mol. The summed E-state index contributed by atoms with van der Waals surface area (Å²) in [6.07, 6.45) is 2.90. The molecule has 0 saturated carbocycles. The van der Waals surface area contributed by atoms with Crippen LogP contribution in [0, 0.1) is 1.59 Å². The van der Waals surface area contributed by atoms with Gasteiger partial charge in [0.05, 0.1) is 6.42 Å². The normalized spacial score (nSPS) is 13.3. The van der Waals surface area contributed by atoms with Crippen molar-refractivity contribution in [1.82, 2.24) is 0 Å². The monoisotopic (exact) mass is 2170 g/mol. The summed E-state index contributed by atoms with van der Waals surface area (Å²) >= 11 is 2.62. The number of aldehydes is 1. The zero-order valence-electron chi connectivity index (χ0n) is 53.8. The fourth-order valence-electron chi connectivity index (χ4n) is 12.0. The maximum absolute atomic E-state index is 12.8. The molecule has 0 radical (unpaired) electrons. The van der Waals surface area contributed by atoms with Gasteiger partial charge in [0.1, 0.15) is 0 Å². The number of hydrogen-bond donors (Lipinski definition) is 1. The molecule has 8 heterocycles. The van der Waals surface area contributed by atoms with Gasteiger partial charge in [-0.05, 0) is 0 Å². The molecule has 0 atom stereocenters. The van der Waals surface area contributed by atoms with E-state index in [9.17, 15) is 24.0 Å². The molecule has 2 aliphatic carbocycles. The molecule has 20 rings (SSSR count). The van der Waals surface area contributed by atoms with Gasteiger partial charge < -0.3 is 0 Å². The third-order valence-corrected chi connectivity index (χ3v) is 38.2. The number of allylic oxidation sites excluding steroid dienone is 1. The standard InChI is InChI=1S/C26H15NO2SeTe.C17H11NOSeTe.C16H11NSeTe.C12H9NSe.C9H6O2.C4H3ITe/c28-25-17-7-1-2-8-18(17)26(29)19(25)15-16-13-14-24(31-16)27-20-9-3-5-11-22(20)30-23-12-6-4-10-21(23)27;19-11-12-9-10-17(21-12)18-13-5-1-3-7-15(13)20-16-8-4-2-6-14(16)18;1-3-8-14-12(6-1)17(16-10-5-11-19-16)13-7-2-4-9-15(13)18-14;1-3-7-11-9(5-1)13-10-6-2-4-8-12(10)14-11;10-8-5-9(11)7-4-2-1-3-6(7)8;5-4-2-1-3-6-4/h1-15H;1-11H;1-11H;1-8,13H;1-4H,5H2;1-3H. The molecular formula is C84H55IN4O5Se4Te4. The molecule has 4 aromatic heterocycles. The van der Waals surface area contributed by atoms with Crippen LogP contribution in [0.3, 0.4) is 0 Å². The molecule has 0 spiro atoms. The van der Waals surface area contributed by atoms with Crippen LogP contribution in [0.1, 0.15) is 59.8 Å². The molecule has 0 amide bonds. The van der Waals surface area contributed by atoms with E-state index in [0.29, 0.717) is 72.7 Å². The molecule has 18 heteroatoms. The molecule has 4 aliphatic heterocycles. The van der Waals surface area contributed by atoms with Gasteiger partial charge in [-0.2, -0.15) is 0 Å². The summed E-state index contributed by atoms with van der Waals surface area (Å²) in [4.78, 5) is 65.9. The summed E-state index contributed by atoms with van der Waals surface area (Å²) < 4.78 is 23.8. The molecule has 14 aromatic rings. The summed E-state index contributed by atoms with van der Waals surface area (Å²) in [7, 11) is 0. The van der Waals surface area contributed by atoms with Crippen molar-refractivity contribution in [2.24, 2.45) is 0 Å². The predicted molar refractivity (Wildman–Crippen MR) is 435 cm³/mol. The van der Waals surface area contributed by atoms with Gasteiger partial charge in [-0.15, -0.1) is 0 Å². The first-order valence-electron chi connectivity index (χ1n) is 32.2. The molecule has 1 N–H and O–H groups in total. The number of rotatable bonds is 5. The Labute approximate surface area is 669 Å². The summed E-state index contributed by atoms with van der Waals surface area (Å²) in [5.41, 5.74) is 12.9. The van der Waals surface area contributed by atoms with Gasteiger partial charge in [0.15, 0.2) is 11.6 Å². The van der Waals surface area contributed by atoms with Crippen molar-refractivity contribution in [3.63, 3.8) is 0 Å². The molecule has 102 heavy (non-hydrogen) atoms. The van der Waals surface area contributed by atoms with E-state index in [4.69, 9.17) is 0 Å². The van der Waals surface area contributed by atoms with Gasteiger partial charge in [0.25, 0.3) is 0 Å². The summed E-state index contributed by atoms with van der Waals surface area (Å²) in [5, 5.41) is 3.46. The van der Waals surface area contributed by atoms with Crippen LogP contribution in [-0.2, 0) is 0 Å². The number of para-hydroxylation sites is 8. The van der Waals surface area contributed by atoms with E-state index in [1.54, 1.807) is 38.0 Å². The number of nitrogens with one attached hydrogen (secondary N) is 1. The van der Waals surface area contributed by atoms with Crippen molar-refractivity contribution >= 4 is 292 Å². The number of fused-ring (bicyclic) bond motifs is 10. The Kier molecular flexibility index (Phi) is 23.1. The van der Waals surface area contributed by atoms with Crippen molar-refractivity contribution < 1.29 is 24.0 Å². The van der Waals surface area contributed by atoms with E-state index in [2.05, 4.69) is 287 Å². The van der Waals surface area contributed by atoms with E-state index >= 15 is 0 Å². The second-order valence-corrected chi connectivity index (χ2v) is 47.1. The van der Waals surface area contributed by atoms with Crippen LogP contribution in [0.4, 0.5) is 56.6 Å². The summed E-state index contributed by atoms with van der Waals surface area (Å²) in [6.45, 7) is 0. The van der Waals surface area contributed by atoms with Crippen LogP contribution >= 0.6 is 22.6 Å². The van der Waals surface area contributed by atoms with Crippen LogP contribution in [0.2, 0.25) is 0 Å². The molecule has 496 valence electrons. The number of Topliss-reactive ketones (excluding diaryl/α,β-unsaturated/α-hetero) is 4. The van der Waals surface area contributed by atoms with E-state index in [-0.39, 0.29) is 85.4 Å². The zero-order valence-corrected chi connectivity index (χ0v) is 72.1. The Morgan fingerprint density at radius 2 is 0.667 bits per heavy atom. The molecule has 0 saturated heterocycles. The van der Waals surface area contributed by atoms with Gasteiger partial charge in [-0.3, -0.25) is 9.59 Å². The van der Waals surface area contributed by atoms with E-state index < -0.39 is 40.9 Å². The number of nitrogens with zero attached hydrogens (tertiary/aromatic N) is 3. The predicted octanol–water partition coefficient (Wildman–Crippen LogP) is 12.0. The SMILES string of the molecule is Ic1ccc[te]1.O=C1C(=Cc2ccc(N3c4ccccc4[Se]c4ccccc43)[te]2)C(=O)c2ccccc21.O=C1CC(=O)c2ccccc21.O=Cc1ccc(N2c3ccccc3[Se]c3ccccc32)[te]1.c1c[te]c(N2c3ccccc3[Se]c3ccccc32)c1.c1ccc2c(c1)Nc1ccccc1[Se]2. The molecule has 6 aliphatic rings. The number of benzene rings is 10. The van der Waals surface area contributed by atoms with Gasteiger partial charge in [-0.25, -0.2) is 0 Å². The maximum atomic E-state index is 12.8. The number of carbonyl (C=O) groups excluding carboxylic acids is 5. The minimum absolute atomic E-state index is 0.0504. The first-order valence-corrected chi connectivity index (χ1v) is 49.8. The Hall–Kier alpha value is -6.62. The van der Waals surface area contributed by atoms with Crippen molar-refractivity contribution in [3.8, 4) is 0 Å². The van der Waals surface area contributed by atoms with Gasteiger partial charge in [0.2, 0.25) is 0 Å². The van der Waals surface area contributed by atoms with E-state index in [1.807, 2.05) is 24.3 Å². The molecule has 9 nitrogen and oxygen atoms in total. The van der Waals surface area contributed by atoms with Crippen molar-refractivity contribution in [3.05, 3.63) is 336 Å². The van der Waals surface area contributed by atoms with Gasteiger partial charge in [0, 0.05) is 11.1 Å². The summed E-state index contributed by atoms with van der Waals surface area (Å²) in [6, 6.07) is 100. The van der Waals surface area contributed by atoms with Crippen molar-refractivity contribution in [1.29, 1.82) is 0 Å². The van der Waals surface area contributed by atoms with Gasteiger partial charge in [-0.1, -0.05) is 24.3 Å². The fourth-order valence-corrected chi connectivity index (χ4v) is 30.5. The van der Waals surface area contributed by atoms with E-state index in [0.717, 1.165) is 13.4 Å². The zero-order chi connectivity index (χ0) is 69.5. The molecule has 0 unspecified atom stereocenters. The topological polar surface area (TPSA) is 107 Å². The first kappa shape index (κ1) is 71.0. The Morgan fingerprint density at radius 3 is 1.03 bits per heavy atom. The molecule has 0 bridgehead atoms. The number of anilines is 11. The van der Waals surface area contributed by atoms with Crippen LogP contribution in [0.5, 0.6) is 0 Å². The third kappa shape index (κ3) is 15.7. The Bertz CT molecular complexity index is 5230. The molecule has 10 aromatic carbocycles. The average Bonchev–Trinajstić information content (AvgIpc) is 0.884. The molecule has 0 fully saturated rings. The minimum atomic E-state index is -0.745. The van der Waals surface area contributed by atoms with Crippen molar-refractivity contribution in [2.45, 2.75) is 6.42 Å². The number of carbonyl (C=O) groups is 5.